The summed E-state index contributed by atoms with van der Waals surface area (Å²) in [6, 6.07) is 5.20. The minimum Gasteiger partial charge on any atom is -0.366 e. The van der Waals surface area contributed by atoms with Gasteiger partial charge in [0.25, 0.3) is 5.69 Å². The van der Waals surface area contributed by atoms with Crippen LogP contribution in [0.1, 0.15) is 12.0 Å². The third-order valence-corrected chi connectivity index (χ3v) is 6.09. The largest absolute Gasteiger partial charge is 0.366 e. The summed E-state index contributed by atoms with van der Waals surface area (Å²) in [5.74, 6) is 2.01. The number of hydrogen-bond donors (Lipinski definition) is 1. The van der Waals surface area contributed by atoms with Crippen LogP contribution < -0.4 is 10.2 Å². The second-order valence-electron chi connectivity index (χ2n) is 6.50. The molecule has 1 N–H and O–H groups in total. The summed E-state index contributed by atoms with van der Waals surface area (Å²) in [5.41, 5.74) is 2.25. The number of nitrogens with one attached hydrogen (secondary N) is 1. The molecule has 3 aliphatic rings. The van der Waals surface area contributed by atoms with Crippen LogP contribution in [0.5, 0.6) is 0 Å². The summed E-state index contributed by atoms with van der Waals surface area (Å²) in [7, 11) is 0. The highest BCUT2D eigenvalue weighted by atomic mass is 32.2. The molecule has 128 valence electrons. The molecule has 24 heavy (non-hydrogen) atoms. The fourth-order valence-corrected chi connectivity index (χ4v) is 4.79. The molecular formula is C16H20N4O3S. The highest BCUT2D eigenvalue weighted by Gasteiger charge is 2.38. The van der Waals surface area contributed by atoms with Crippen molar-refractivity contribution in [2.75, 3.05) is 36.2 Å². The predicted molar refractivity (Wildman–Crippen MR) is 93.4 cm³/mol. The van der Waals surface area contributed by atoms with Gasteiger partial charge >= 0.3 is 0 Å². The van der Waals surface area contributed by atoms with Crippen LogP contribution >= 0.6 is 11.8 Å². The molecule has 4 rings (SSSR count). The van der Waals surface area contributed by atoms with Crippen molar-refractivity contribution in [3.63, 3.8) is 0 Å². The lowest BCUT2D eigenvalue weighted by molar-refractivity contribution is -0.384. The summed E-state index contributed by atoms with van der Waals surface area (Å²) in [4.78, 5) is 27.4. The van der Waals surface area contributed by atoms with E-state index in [9.17, 15) is 14.9 Å². The number of benzene rings is 1. The number of fused-ring (bicyclic) bond motifs is 1. The van der Waals surface area contributed by atoms with Crippen LogP contribution in [0.4, 0.5) is 11.4 Å². The van der Waals surface area contributed by atoms with Gasteiger partial charge in [-0.2, -0.15) is 0 Å². The summed E-state index contributed by atoms with van der Waals surface area (Å²) in [6.45, 7) is 2.45. The number of nitro benzene ring substituents is 1. The lowest BCUT2D eigenvalue weighted by atomic mass is 10.1. The fraction of sp³-hybridized carbons (Fsp3) is 0.562. The van der Waals surface area contributed by atoms with E-state index in [-0.39, 0.29) is 28.6 Å². The quantitative estimate of drug-likeness (QED) is 0.654. The van der Waals surface area contributed by atoms with Crippen molar-refractivity contribution in [3.05, 3.63) is 33.9 Å². The summed E-state index contributed by atoms with van der Waals surface area (Å²) in [5, 5.41) is 14.4. The van der Waals surface area contributed by atoms with Crippen LogP contribution in [0.3, 0.4) is 0 Å². The topological polar surface area (TPSA) is 78.7 Å². The Kier molecular flexibility index (Phi) is 4.09. The number of amides is 1. The average Bonchev–Trinajstić information content (AvgIpc) is 3.32. The van der Waals surface area contributed by atoms with Crippen LogP contribution in [0.25, 0.3) is 0 Å². The smallest absolute Gasteiger partial charge is 0.271 e. The molecule has 1 aromatic carbocycles. The highest BCUT2D eigenvalue weighted by Crippen LogP contribution is 2.35. The summed E-state index contributed by atoms with van der Waals surface area (Å²) in [6.07, 6.45) is 1.67. The van der Waals surface area contributed by atoms with Gasteiger partial charge in [0, 0.05) is 49.2 Å². The number of carbonyl (C=O) groups is 1. The van der Waals surface area contributed by atoms with Crippen LogP contribution in [-0.4, -0.2) is 59.1 Å². The molecule has 7 nitrogen and oxygen atoms in total. The van der Waals surface area contributed by atoms with Crippen LogP contribution in [0, 0.1) is 10.1 Å². The first-order chi connectivity index (χ1) is 11.6. The Labute approximate surface area is 144 Å². The Morgan fingerprint density at radius 2 is 2.25 bits per heavy atom. The predicted octanol–water partition coefficient (Wildman–Crippen LogP) is 1.22. The molecule has 2 saturated heterocycles. The molecule has 2 atom stereocenters. The van der Waals surface area contributed by atoms with Crippen LogP contribution in [-0.2, 0) is 11.2 Å². The Balaban J connectivity index is 1.48. The molecule has 0 aliphatic carbocycles. The first kappa shape index (κ1) is 15.7. The van der Waals surface area contributed by atoms with Gasteiger partial charge in [-0.05, 0) is 18.4 Å². The SMILES string of the molecule is O=C([C@@H]1C[C@H](N2CCc3ccc([N+](=O)[O-])cc32)CN1)N1CCSC1. The second-order valence-corrected chi connectivity index (χ2v) is 7.58. The van der Waals surface area contributed by atoms with Crippen LogP contribution in [0.15, 0.2) is 18.2 Å². The van der Waals surface area contributed by atoms with E-state index in [4.69, 9.17) is 0 Å². The third kappa shape index (κ3) is 2.73. The van der Waals surface area contributed by atoms with Gasteiger partial charge in [0.2, 0.25) is 5.91 Å². The average molecular weight is 348 g/mol. The molecule has 0 bridgehead atoms. The number of nitrogens with zero attached hydrogens (tertiary/aromatic N) is 3. The standard InChI is InChI=1S/C16H20N4O3S/c21-16(18-5-6-24-10-18)14-7-13(9-17-14)19-4-3-11-1-2-12(20(22)23)8-15(11)19/h1-2,8,13-14,17H,3-7,9-10H2/t13-,14-/m0/s1. The molecule has 0 unspecified atom stereocenters. The Bertz CT molecular complexity index is 677. The molecule has 0 saturated carbocycles. The summed E-state index contributed by atoms with van der Waals surface area (Å²) >= 11 is 1.79. The maximum atomic E-state index is 12.5. The van der Waals surface area contributed by atoms with Crippen LogP contribution in [0.2, 0.25) is 0 Å². The van der Waals surface area contributed by atoms with E-state index in [0.717, 1.165) is 55.4 Å². The van der Waals surface area contributed by atoms with E-state index in [0.29, 0.717) is 0 Å². The molecule has 3 aliphatic heterocycles. The van der Waals surface area contributed by atoms with Crippen molar-refractivity contribution in [3.8, 4) is 0 Å². The molecule has 3 heterocycles. The van der Waals surface area contributed by atoms with Crippen molar-refractivity contribution < 1.29 is 9.72 Å². The maximum absolute atomic E-state index is 12.5. The van der Waals surface area contributed by atoms with E-state index in [1.54, 1.807) is 23.9 Å². The zero-order chi connectivity index (χ0) is 16.7. The lowest BCUT2D eigenvalue weighted by Gasteiger charge is -2.26. The molecule has 0 radical (unpaired) electrons. The van der Waals surface area contributed by atoms with E-state index in [1.807, 2.05) is 11.0 Å². The number of anilines is 1. The van der Waals surface area contributed by atoms with Crippen molar-refractivity contribution in [1.29, 1.82) is 0 Å². The molecule has 0 spiro atoms. The molecule has 1 amide bonds. The number of nitro groups is 1. The summed E-state index contributed by atoms with van der Waals surface area (Å²) < 4.78 is 0. The van der Waals surface area contributed by atoms with E-state index in [2.05, 4.69) is 10.2 Å². The number of thioether (sulfide) groups is 1. The number of carbonyl (C=O) groups excluding carboxylic acids is 1. The van der Waals surface area contributed by atoms with E-state index >= 15 is 0 Å². The van der Waals surface area contributed by atoms with Crippen molar-refractivity contribution in [2.24, 2.45) is 0 Å². The molecule has 2 fully saturated rings. The van der Waals surface area contributed by atoms with Crippen molar-refractivity contribution >= 4 is 29.0 Å². The van der Waals surface area contributed by atoms with Gasteiger partial charge in [-0.1, -0.05) is 6.07 Å². The third-order valence-electron chi connectivity index (χ3n) is 5.12. The Morgan fingerprint density at radius 1 is 1.38 bits per heavy atom. The fourth-order valence-electron chi connectivity index (χ4n) is 3.84. The minimum atomic E-state index is -0.346. The zero-order valence-corrected chi connectivity index (χ0v) is 14.1. The van der Waals surface area contributed by atoms with Gasteiger partial charge in [0.15, 0.2) is 0 Å². The van der Waals surface area contributed by atoms with Crippen molar-refractivity contribution in [1.82, 2.24) is 10.2 Å². The lowest BCUT2D eigenvalue weighted by Crippen LogP contribution is -2.42. The first-order valence-electron chi connectivity index (χ1n) is 8.27. The molecule has 1 aromatic rings. The van der Waals surface area contributed by atoms with Gasteiger partial charge in [0.05, 0.1) is 16.8 Å². The monoisotopic (exact) mass is 348 g/mol. The highest BCUT2D eigenvalue weighted by molar-refractivity contribution is 7.99. The van der Waals surface area contributed by atoms with E-state index < -0.39 is 0 Å². The van der Waals surface area contributed by atoms with Gasteiger partial charge in [-0.15, -0.1) is 11.8 Å². The maximum Gasteiger partial charge on any atom is 0.271 e. The second kappa shape index (κ2) is 6.25. The number of hydrogen-bond acceptors (Lipinski definition) is 6. The van der Waals surface area contributed by atoms with Gasteiger partial charge in [-0.25, -0.2) is 0 Å². The minimum absolute atomic E-state index is 0.128. The Morgan fingerprint density at radius 3 is 3.00 bits per heavy atom. The number of rotatable bonds is 3. The van der Waals surface area contributed by atoms with Gasteiger partial charge in [-0.3, -0.25) is 14.9 Å². The van der Waals surface area contributed by atoms with Gasteiger partial charge in [0.1, 0.15) is 0 Å². The first-order valence-corrected chi connectivity index (χ1v) is 9.43. The van der Waals surface area contributed by atoms with Crippen molar-refractivity contribution in [2.45, 2.75) is 24.9 Å². The Hall–Kier alpha value is -1.80. The normalized spacial score (nSPS) is 26.0. The molecule has 8 heteroatoms. The molecule has 0 aromatic heterocycles. The van der Waals surface area contributed by atoms with Gasteiger partial charge < -0.3 is 15.1 Å². The number of non-ortho nitro benzene ring substituents is 1. The zero-order valence-electron chi connectivity index (χ0n) is 13.3. The molecular weight excluding hydrogens is 328 g/mol. The van der Waals surface area contributed by atoms with E-state index in [1.165, 1.54) is 0 Å².